The number of guanidine groups is 1. The van der Waals surface area contributed by atoms with E-state index in [1.807, 2.05) is 44.2 Å². The van der Waals surface area contributed by atoms with Gasteiger partial charge in [-0.05, 0) is 32.4 Å². The normalized spacial score (nSPS) is 12.8. The van der Waals surface area contributed by atoms with Crippen molar-refractivity contribution in [2.45, 2.75) is 32.7 Å². The first-order chi connectivity index (χ1) is 11.4. The molecule has 0 heterocycles. The largest absolute Gasteiger partial charge is 0.494 e. The first-order valence-corrected chi connectivity index (χ1v) is 10.4. The van der Waals surface area contributed by atoms with Crippen LogP contribution in [-0.2, 0) is 9.84 Å². The standard InChI is InChI=1S/C17H29N3O3S.HI/c1-4-18-17(20-15(2)11-14-24(3,21)22)19-12-8-13-23-16-9-6-5-7-10-16;/h5-7,9-10,15H,4,8,11-14H2,1-3H3,(H2,18,19,20);1H. The van der Waals surface area contributed by atoms with E-state index in [0.717, 1.165) is 18.7 Å². The van der Waals surface area contributed by atoms with Gasteiger partial charge in [-0.3, -0.25) is 4.99 Å². The zero-order chi connectivity index (χ0) is 17.8. The Kier molecular flexibility index (Phi) is 12.7. The van der Waals surface area contributed by atoms with Crippen LogP contribution in [0.4, 0.5) is 0 Å². The fraction of sp³-hybridized carbons (Fsp3) is 0.588. The molecule has 0 spiro atoms. The number of sulfone groups is 1. The third kappa shape index (κ3) is 12.9. The van der Waals surface area contributed by atoms with Gasteiger partial charge in [-0.15, -0.1) is 24.0 Å². The Bertz CT molecular complexity index is 594. The predicted molar refractivity (Wildman–Crippen MR) is 115 cm³/mol. The lowest BCUT2D eigenvalue weighted by molar-refractivity contribution is 0.313. The summed E-state index contributed by atoms with van der Waals surface area (Å²) in [4.78, 5) is 4.49. The van der Waals surface area contributed by atoms with Crippen molar-refractivity contribution in [3.05, 3.63) is 30.3 Å². The summed E-state index contributed by atoms with van der Waals surface area (Å²) >= 11 is 0. The lowest BCUT2D eigenvalue weighted by Gasteiger charge is -2.17. The predicted octanol–water partition coefficient (Wildman–Crippen LogP) is 2.45. The maximum atomic E-state index is 11.2. The second kappa shape index (κ2) is 13.2. The van der Waals surface area contributed by atoms with Crippen molar-refractivity contribution in [2.24, 2.45) is 4.99 Å². The van der Waals surface area contributed by atoms with Crippen molar-refractivity contribution in [1.82, 2.24) is 10.6 Å². The van der Waals surface area contributed by atoms with Crippen molar-refractivity contribution in [2.75, 3.05) is 31.7 Å². The first-order valence-electron chi connectivity index (χ1n) is 8.31. The fourth-order valence-corrected chi connectivity index (χ4v) is 2.76. The van der Waals surface area contributed by atoms with E-state index in [4.69, 9.17) is 4.74 Å². The van der Waals surface area contributed by atoms with Gasteiger partial charge in [0.2, 0.25) is 0 Å². The molecule has 25 heavy (non-hydrogen) atoms. The molecule has 0 bridgehead atoms. The van der Waals surface area contributed by atoms with Crippen LogP contribution in [0.5, 0.6) is 5.75 Å². The molecule has 0 aliphatic rings. The number of hydrogen-bond acceptors (Lipinski definition) is 4. The van der Waals surface area contributed by atoms with Crippen molar-refractivity contribution >= 4 is 39.8 Å². The number of nitrogens with zero attached hydrogens (tertiary/aromatic N) is 1. The zero-order valence-corrected chi connectivity index (χ0v) is 18.3. The summed E-state index contributed by atoms with van der Waals surface area (Å²) in [5.41, 5.74) is 0. The number of halogens is 1. The van der Waals surface area contributed by atoms with Gasteiger partial charge in [-0.1, -0.05) is 18.2 Å². The summed E-state index contributed by atoms with van der Waals surface area (Å²) in [7, 11) is -2.93. The van der Waals surface area contributed by atoms with E-state index in [1.165, 1.54) is 6.26 Å². The van der Waals surface area contributed by atoms with Crippen molar-refractivity contribution in [1.29, 1.82) is 0 Å². The van der Waals surface area contributed by atoms with Crippen LogP contribution in [0.15, 0.2) is 35.3 Å². The first kappa shape index (κ1) is 24.0. The monoisotopic (exact) mass is 483 g/mol. The number of hydrogen-bond donors (Lipinski definition) is 2. The topological polar surface area (TPSA) is 79.8 Å². The van der Waals surface area contributed by atoms with Gasteiger partial charge in [0.05, 0.1) is 12.4 Å². The van der Waals surface area contributed by atoms with Gasteiger partial charge in [0.15, 0.2) is 5.96 Å². The molecule has 1 aromatic carbocycles. The summed E-state index contributed by atoms with van der Waals surface area (Å²) in [5, 5.41) is 6.40. The van der Waals surface area contributed by atoms with E-state index in [1.54, 1.807) is 0 Å². The second-order valence-corrected chi connectivity index (χ2v) is 8.00. The maximum absolute atomic E-state index is 11.2. The number of rotatable bonds is 10. The molecule has 0 amide bonds. The minimum absolute atomic E-state index is 0. The lowest BCUT2D eigenvalue weighted by atomic mass is 10.3. The Morgan fingerprint density at radius 1 is 1.28 bits per heavy atom. The molecule has 0 radical (unpaired) electrons. The molecule has 1 unspecified atom stereocenters. The Labute approximate surface area is 168 Å². The number of ether oxygens (including phenoxy) is 1. The molecule has 0 aromatic heterocycles. The quantitative estimate of drug-likeness (QED) is 0.231. The smallest absolute Gasteiger partial charge is 0.191 e. The van der Waals surface area contributed by atoms with E-state index in [-0.39, 0.29) is 35.8 Å². The van der Waals surface area contributed by atoms with Crippen LogP contribution in [-0.4, -0.2) is 52.1 Å². The van der Waals surface area contributed by atoms with Crippen molar-refractivity contribution in [3.63, 3.8) is 0 Å². The number of benzene rings is 1. The van der Waals surface area contributed by atoms with Crippen LogP contribution < -0.4 is 15.4 Å². The molecule has 0 fully saturated rings. The van der Waals surface area contributed by atoms with Crippen LogP contribution >= 0.6 is 24.0 Å². The molecule has 0 saturated carbocycles. The minimum atomic E-state index is -2.93. The molecule has 1 rings (SSSR count). The molecule has 8 heteroatoms. The summed E-state index contributed by atoms with van der Waals surface area (Å²) in [5.74, 6) is 1.74. The Morgan fingerprint density at radius 3 is 2.56 bits per heavy atom. The summed E-state index contributed by atoms with van der Waals surface area (Å²) in [6, 6.07) is 9.74. The van der Waals surface area contributed by atoms with Gasteiger partial charge in [0.25, 0.3) is 0 Å². The van der Waals surface area contributed by atoms with Crippen LogP contribution in [0.3, 0.4) is 0 Å². The molecule has 0 aliphatic carbocycles. The lowest BCUT2D eigenvalue weighted by Crippen LogP contribution is -2.43. The van der Waals surface area contributed by atoms with Crippen LogP contribution in [0.25, 0.3) is 0 Å². The van der Waals surface area contributed by atoms with E-state index in [9.17, 15) is 8.42 Å². The average molecular weight is 483 g/mol. The summed E-state index contributed by atoms with van der Waals surface area (Å²) < 4.78 is 28.1. The van der Waals surface area contributed by atoms with Gasteiger partial charge < -0.3 is 15.4 Å². The van der Waals surface area contributed by atoms with Gasteiger partial charge in [0.1, 0.15) is 15.6 Å². The molecule has 6 nitrogen and oxygen atoms in total. The molecule has 144 valence electrons. The van der Waals surface area contributed by atoms with Gasteiger partial charge in [-0.25, -0.2) is 8.42 Å². The molecule has 1 aromatic rings. The molecular weight excluding hydrogens is 453 g/mol. The highest BCUT2D eigenvalue weighted by atomic mass is 127. The van der Waals surface area contributed by atoms with Crippen molar-refractivity contribution < 1.29 is 13.2 Å². The minimum Gasteiger partial charge on any atom is -0.494 e. The Morgan fingerprint density at radius 2 is 1.96 bits per heavy atom. The molecule has 2 N–H and O–H groups in total. The third-order valence-corrected chi connectivity index (χ3v) is 4.21. The molecular formula is C17H30IN3O3S. The molecule has 0 aliphatic heterocycles. The maximum Gasteiger partial charge on any atom is 0.191 e. The van der Waals surface area contributed by atoms with Crippen molar-refractivity contribution in [3.8, 4) is 5.75 Å². The highest BCUT2D eigenvalue weighted by Gasteiger charge is 2.09. The van der Waals surface area contributed by atoms with Gasteiger partial charge >= 0.3 is 0 Å². The van der Waals surface area contributed by atoms with Gasteiger partial charge in [0, 0.05) is 31.8 Å². The zero-order valence-electron chi connectivity index (χ0n) is 15.2. The van der Waals surface area contributed by atoms with Gasteiger partial charge in [-0.2, -0.15) is 0 Å². The number of aliphatic imine (C=N–C) groups is 1. The molecule has 1 atom stereocenters. The van der Waals surface area contributed by atoms with E-state index >= 15 is 0 Å². The average Bonchev–Trinajstić information content (AvgIpc) is 2.53. The van der Waals surface area contributed by atoms with Crippen LogP contribution in [0.2, 0.25) is 0 Å². The van der Waals surface area contributed by atoms with E-state index < -0.39 is 9.84 Å². The Balaban J connectivity index is 0.00000576. The third-order valence-electron chi connectivity index (χ3n) is 3.23. The second-order valence-electron chi connectivity index (χ2n) is 5.74. The molecule has 0 saturated heterocycles. The van der Waals surface area contributed by atoms with E-state index in [2.05, 4.69) is 15.6 Å². The summed E-state index contributed by atoms with van der Waals surface area (Å²) in [6.45, 7) is 5.95. The van der Waals surface area contributed by atoms with Crippen LogP contribution in [0.1, 0.15) is 26.7 Å². The number of para-hydroxylation sites is 1. The fourth-order valence-electron chi connectivity index (χ4n) is 1.98. The SMILES string of the molecule is CCNC(=NCCCOc1ccccc1)NC(C)CCS(C)(=O)=O.I. The Hall–Kier alpha value is -1.03. The highest BCUT2D eigenvalue weighted by molar-refractivity contribution is 14.0. The van der Waals surface area contributed by atoms with Crippen LogP contribution in [0, 0.1) is 0 Å². The van der Waals surface area contributed by atoms with E-state index in [0.29, 0.717) is 25.5 Å². The summed E-state index contributed by atoms with van der Waals surface area (Å²) in [6.07, 6.45) is 2.62. The highest BCUT2D eigenvalue weighted by Crippen LogP contribution is 2.08. The number of nitrogens with one attached hydrogen (secondary N) is 2.